The summed E-state index contributed by atoms with van der Waals surface area (Å²) in [5, 5.41) is 3.05. The van der Waals surface area contributed by atoms with Gasteiger partial charge in [-0.15, -0.1) is 0 Å². The summed E-state index contributed by atoms with van der Waals surface area (Å²) in [6.07, 6.45) is 1.17. The van der Waals surface area contributed by atoms with Crippen molar-refractivity contribution < 1.29 is 14.3 Å². The molecule has 27 heavy (non-hydrogen) atoms. The van der Waals surface area contributed by atoms with Crippen LogP contribution < -0.4 is 14.8 Å². The number of nitrogens with one attached hydrogen (secondary N) is 1. The summed E-state index contributed by atoms with van der Waals surface area (Å²) in [5.74, 6) is 1.50. The van der Waals surface area contributed by atoms with E-state index in [1.807, 2.05) is 25.1 Å². The second-order valence-corrected chi connectivity index (χ2v) is 7.84. The van der Waals surface area contributed by atoms with Crippen LogP contribution in [0.2, 0.25) is 0 Å². The highest BCUT2D eigenvalue weighted by Crippen LogP contribution is 2.29. The minimum absolute atomic E-state index is 0.0206. The summed E-state index contributed by atoms with van der Waals surface area (Å²) >= 11 is 0. The van der Waals surface area contributed by atoms with E-state index >= 15 is 0 Å². The van der Waals surface area contributed by atoms with Crippen molar-refractivity contribution in [2.75, 3.05) is 14.2 Å². The molecule has 4 heteroatoms. The first-order valence-electron chi connectivity index (χ1n) is 9.35. The third kappa shape index (κ3) is 5.75. The van der Waals surface area contributed by atoms with Crippen molar-refractivity contribution in [2.24, 2.45) is 0 Å². The molecule has 1 N–H and O–H groups in total. The zero-order valence-electron chi connectivity index (χ0n) is 17.3. The van der Waals surface area contributed by atoms with Crippen molar-refractivity contribution >= 4 is 5.91 Å². The molecule has 2 aromatic rings. The van der Waals surface area contributed by atoms with E-state index in [0.29, 0.717) is 6.42 Å². The molecule has 0 aliphatic carbocycles. The SMILES string of the molecule is COc1ccc(OC)c(C(C)NC(=O)CCc2ccc(C(C)(C)C)cc2)c1. The van der Waals surface area contributed by atoms with Gasteiger partial charge in [-0.25, -0.2) is 0 Å². The zero-order valence-corrected chi connectivity index (χ0v) is 17.3. The average Bonchev–Trinajstić information content (AvgIpc) is 2.65. The van der Waals surface area contributed by atoms with Crippen molar-refractivity contribution in [1.82, 2.24) is 5.32 Å². The Morgan fingerprint density at radius 2 is 1.70 bits per heavy atom. The second kappa shape index (κ2) is 8.94. The highest BCUT2D eigenvalue weighted by molar-refractivity contribution is 5.76. The van der Waals surface area contributed by atoms with Gasteiger partial charge in [0.25, 0.3) is 0 Å². The smallest absolute Gasteiger partial charge is 0.220 e. The summed E-state index contributed by atoms with van der Waals surface area (Å²) in [4.78, 5) is 12.4. The van der Waals surface area contributed by atoms with Crippen molar-refractivity contribution in [3.63, 3.8) is 0 Å². The Labute approximate surface area is 162 Å². The van der Waals surface area contributed by atoms with E-state index in [4.69, 9.17) is 9.47 Å². The highest BCUT2D eigenvalue weighted by Gasteiger charge is 2.16. The average molecular weight is 370 g/mol. The predicted molar refractivity (Wildman–Crippen MR) is 110 cm³/mol. The van der Waals surface area contributed by atoms with E-state index in [2.05, 4.69) is 50.4 Å². The number of amides is 1. The fraction of sp³-hybridized carbons (Fsp3) is 0.435. The molecule has 1 amide bonds. The molecule has 0 aliphatic heterocycles. The summed E-state index contributed by atoms with van der Waals surface area (Å²) in [5.41, 5.74) is 3.51. The Balaban J connectivity index is 1.95. The second-order valence-electron chi connectivity index (χ2n) is 7.84. The summed E-state index contributed by atoms with van der Waals surface area (Å²) in [6.45, 7) is 8.55. The number of aryl methyl sites for hydroxylation is 1. The molecule has 2 aromatic carbocycles. The number of hydrogen-bond donors (Lipinski definition) is 1. The van der Waals surface area contributed by atoms with Gasteiger partial charge in [-0.1, -0.05) is 45.0 Å². The number of ether oxygens (including phenoxy) is 2. The number of rotatable bonds is 7. The molecule has 2 rings (SSSR count). The zero-order chi connectivity index (χ0) is 20.0. The largest absolute Gasteiger partial charge is 0.497 e. The number of hydrogen-bond acceptors (Lipinski definition) is 3. The van der Waals surface area contributed by atoms with Crippen molar-refractivity contribution in [3.05, 3.63) is 59.2 Å². The van der Waals surface area contributed by atoms with Gasteiger partial charge in [0.05, 0.1) is 20.3 Å². The Kier molecular flexibility index (Phi) is 6.89. The minimum Gasteiger partial charge on any atom is -0.497 e. The lowest BCUT2D eigenvalue weighted by Crippen LogP contribution is -2.27. The van der Waals surface area contributed by atoms with Crippen molar-refractivity contribution in [3.8, 4) is 11.5 Å². The molecule has 0 fully saturated rings. The maximum absolute atomic E-state index is 12.4. The van der Waals surface area contributed by atoms with Crippen LogP contribution >= 0.6 is 0 Å². The van der Waals surface area contributed by atoms with E-state index in [0.717, 1.165) is 23.5 Å². The number of benzene rings is 2. The molecular weight excluding hydrogens is 338 g/mol. The molecule has 0 radical (unpaired) electrons. The normalized spacial score (nSPS) is 12.4. The number of methoxy groups -OCH3 is 2. The van der Waals surface area contributed by atoms with Gasteiger partial charge in [-0.3, -0.25) is 4.79 Å². The highest BCUT2D eigenvalue weighted by atomic mass is 16.5. The topological polar surface area (TPSA) is 47.6 Å². The van der Waals surface area contributed by atoms with Gasteiger partial charge in [0, 0.05) is 12.0 Å². The van der Waals surface area contributed by atoms with Crippen LogP contribution in [-0.4, -0.2) is 20.1 Å². The van der Waals surface area contributed by atoms with Gasteiger partial charge in [0.2, 0.25) is 5.91 Å². The molecule has 0 aliphatic rings. The molecule has 0 bridgehead atoms. The molecule has 0 saturated heterocycles. The summed E-state index contributed by atoms with van der Waals surface area (Å²) in [7, 11) is 3.25. The summed E-state index contributed by atoms with van der Waals surface area (Å²) in [6, 6.07) is 14.0. The molecular formula is C23H31NO3. The lowest BCUT2D eigenvalue weighted by molar-refractivity contribution is -0.121. The van der Waals surface area contributed by atoms with Gasteiger partial charge < -0.3 is 14.8 Å². The van der Waals surface area contributed by atoms with Crippen LogP contribution in [-0.2, 0) is 16.6 Å². The first-order chi connectivity index (χ1) is 12.7. The van der Waals surface area contributed by atoms with Crippen LogP contribution in [0.5, 0.6) is 11.5 Å². The van der Waals surface area contributed by atoms with E-state index < -0.39 is 0 Å². The van der Waals surface area contributed by atoms with E-state index in [1.54, 1.807) is 14.2 Å². The molecule has 0 aromatic heterocycles. The quantitative estimate of drug-likeness (QED) is 0.762. The van der Waals surface area contributed by atoms with Gasteiger partial charge in [0.15, 0.2) is 0 Å². The third-order valence-corrected chi connectivity index (χ3v) is 4.74. The molecule has 0 saturated carbocycles. The molecule has 1 unspecified atom stereocenters. The maximum atomic E-state index is 12.4. The van der Waals surface area contributed by atoms with Crippen LogP contribution in [0, 0.1) is 0 Å². The van der Waals surface area contributed by atoms with Crippen LogP contribution in [0.25, 0.3) is 0 Å². The lowest BCUT2D eigenvalue weighted by Gasteiger charge is -2.19. The molecule has 1 atom stereocenters. The van der Waals surface area contributed by atoms with Crippen LogP contribution in [0.15, 0.2) is 42.5 Å². The van der Waals surface area contributed by atoms with Gasteiger partial charge in [0.1, 0.15) is 11.5 Å². The number of carbonyl (C=O) groups is 1. The van der Waals surface area contributed by atoms with Crippen LogP contribution in [0.1, 0.15) is 56.8 Å². The maximum Gasteiger partial charge on any atom is 0.220 e. The Morgan fingerprint density at radius 1 is 1.04 bits per heavy atom. The standard InChI is InChI=1S/C23H31NO3/c1-16(20-15-19(26-5)12-13-21(20)27-6)24-22(25)14-9-17-7-10-18(11-8-17)23(2,3)4/h7-8,10-13,15-16H,9,14H2,1-6H3,(H,24,25). The Bertz CT molecular complexity index is 760. The Hall–Kier alpha value is -2.49. The summed E-state index contributed by atoms with van der Waals surface area (Å²) < 4.78 is 10.7. The van der Waals surface area contributed by atoms with Crippen LogP contribution in [0.3, 0.4) is 0 Å². The molecule has 4 nitrogen and oxygen atoms in total. The third-order valence-electron chi connectivity index (χ3n) is 4.74. The van der Waals surface area contributed by atoms with E-state index in [9.17, 15) is 4.79 Å². The lowest BCUT2D eigenvalue weighted by atomic mass is 9.86. The Morgan fingerprint density at radius 3 is 2.26 bits per heavy atom. The minimum atomic E-state index is -0.161. The van der Waals surface area contributed by atoms with E-state index in [-0.39, 0.29) is 17.4 Å². The molecule has 0 heterocycles. The first kappa shape index (κ1) is 20.8. The van der Waals surface area contributed by atoms with Crippen molar-refractivity contribution in [1.29, 1.82) is 0 Å². The van der Waals surface area contributed by atoms with Gasteiger partial charge >= 0.3 is 0 Å². The molecule has 0 spiro atoms. The predicted octanol–water partition coefficient (Wildman–Crippen LogP) is 4.81. The fourth-order valence-electron chi connectivity index (χ4n) is 3.00. The van der Waals surface area contributed by atoms with Crippen molar-refractivity contribution in [2.45, 2.75) is 52.0 Å². The van der Waals surface area contributed by atoms with Gasteiger partial charge in [-0.05, 0) is 48.1 Å². The molecule has 146 valence electrons. The number of carbonyl (C=O) groups excluding carboxylic acids is 1. The first-order valence-corrected chi connectivity index (χ1v) is 9.35. The monoisotopic (exact) mass is 369 g/mol. The fourth-order valence-corrected chi connectivity index (χ4v) is 3.00. The van der Waals surface area contributed by atoms with Crippen LogP contribution in [0.4, 0.5) is 0 Å². The van der Waals surface area contributed by atoms with E-state index in [1.165, 1.54) is 11.1 Å². The van der Waals surface area contributed by atoms with Gasteiger partial charge in [-0.2, -0.15) is 0 Å².